The Morgan fingerprint density at radius 2 is 2.31 bits per heavy atom. The molecule has 0 radical (unpaired) electrons. The lowest BCUT2D eigenvalue weighted by molar-refractivity contribution is 0.0941. The minimum absolute atomic E-state index is 0. The zero-order valence-electron chi connectivity index (χ0n) is 8.62. The lowest BCUT2D eigenvalue weighted by atomic mass is 10.2. The predicted octanol–water partition coefficient (Wildman–Crippen LogP) is 0.636. The van der Waals surface area contributed by atoms with Gasteiger partial charge in [-0.1, -0.05) is 0 Å². The number of carbonyl (C=O) groups is 1. The van der Waals surface area contributed by atoms with Crippen molar-refractivity contribution in [2.24, 2.45) is 5.73 Å². The number of pyridine rings is 1. The van der Waals surface area contributed by atoms with Crippen molar-refractivity contribution in [3.63, 3.8) is 0 Å². The van der Waals surface area contributed by atoms with Crippen LogP contribution in [0.25, 0.3) is 0 Å². The Morgan fingerprint density at radius 3 is 2.81 bits per heavy atom. The number of H-pyrrole nitrogens is 1. The third-order valence-corrected chi connectivity index (χ3v) is 2.44. The molecule has 0 unspecified atom stereocenters. The van der Waals surface area contributed by atoms with Gasteiger partial charge in [0.05, 0.1) is 10.0 Å². The highest BCUT2D eigenvalue weighted by molar-refractivity contribution is 9.10. The number of hydrogen-bond donors (Lipinski definition) is 3. The molecule has 0 aliphatic heterocycles. The smallest absolute Gasteiger partial charge is 0.262 e. The molecular formula is C9H13BrClN3O2. The lowest BCUT2D eigenvalue weighted by Gasteiger charge is -2.10. The Kier molecular flexibility index (Phi) is 6.32. The maximum Gasteiger partial charge on any atom is 0.262 e. The summed E-state index contributed by atoms with van der Waals surface area (Å²) in [6.07, 6.45) is 1.37. The molecule has 1 heterocycles. The van der Waals surface area contributed by atoms with E-state index in [1.54, 1.807) is 6.92 Å². The largest absolute Gasteiger partial charge is 0.348 e. The van der Waals surface area contributed by atoms with Gasteiger partial charge in [0, 0.05) is 18.8 Å². The number of aromatic nitrogens is 1. The summed E-state index contributed by atoms with van der Waals surface area (Å²) in [6, 6.07) is 1.38. The Bertz CT molecular complexity index is 421. The highest BCUT2D eigenvalue weighted by Gasteiger charge is 2.09. The van der Waals surface area contributed by atoms with Gasteiger partial charge in [-0.05, 0) is 28.9 Å². The van der Waals surface area contributed by atoms with E-state index < -0.39 is 0 Å². The van der Waals surface area contributed by atoms with Gasteiger partial charge in [-0.3, -0.25) is 9.59 Å². The number of amides is 1. The topological polar surface area (TPSA) is 88.0 Å². The molecule has 0 aliphatic rings. The van der Waals surface area contributed by atoms with Gasteiger partial charge in [0.1, 0.15) is 0 Å². The zero-order chi connectivity index (χ0) is 11.4. The third-order valence-electron chi connectivity index (χ3n) is 1.85. The standard InChI is InChI=1S/C9H12BrN3O2.ClH/c1-5(3-11)13-8(14)6-2-7(10)9(15)12-4-6;/h2,4-5H,3,11H2,1H3,(H,12,15)(H,13,14);1H/t5-;/m0./s1. The first kappa shape index (κ1) is 15.2. The van der Waals surface area contributed by atoms with E-state index in [9.17, 15) is 9.59 Å². The molecular weight excluding hydrogens is 297 g/mol. The molecule has 1 aromatic rings. The average molecular weight is 311 g/mol. The van der Waals surface area contributed by atoms with Gasteiger partial charge in [0.2, 0.25) is 0 Å². The van der Waals surface area contributed by atoms with Crippen LogP contribution in [0.1, 0.15) is 17.3 Å². The average Bonchev–Trinajstić information content (AvgIpc) is 2.21. The van der Waals surface area contributed by atoms with Crippen molar-refractivity contribution in [3.8, 4) is 0 Å². The van der Waals surface area contributed by atoms with Gasteiger partial charge in [-0.2, -0.15) is 0 Å². The second-order valence-electron chi connectivity index (χ2n) is 3.18. The summed E-state index contributed by atoms with van der Waals surface area (Å²) in [5.74, 6) is -0.259. The number of hydrogen-bond acceptors (Lipinski definition) is 3. The Labute approximate surface area is 107 Å². The Balaban J connectivity index is 0.00000225. The lowest BCUT2D eigenvalue weighted by Crippen LogP contribution is -2.38. The minimum Gasteiger partial charge on any atom is -0.348 e. The number of rotatable bonds is 3. The van der Waals surface area contributed by atoms with Crippen LogP contribution in [-0.2, 0) is 0 Å². The van der Waals surface area contributed by atoms with E-state index in [0.29, 0.717) is 16.6 Å². The van der Waals surface area contributed by atoms with Crippen LogP contribution in [0.3, 0.4) is 0 Å². The summed E-state index contributed by atoms with van der Waals surface area (Å²) < 4.78 is 0.329. The SMILES string of the molecule is C[C@@H](CN)NC(=O)c1c[nH]c(=O)c(Br)c1.Cl. The molecule has 0 bridgehead atoms. The summed E-state index contributed by atoms with van der Waals surface area (Å²) in [6.45, 7) is 2.18. The van der Waals surface area contributed by atoms with Gasteiger partial charge in [0.25, 0.3) is 11.5 Å². The highest BCUT2D eigenvalue weighted by Crippen LogP contribution is 2.05. The first-order chi connectivity index (χ1) is 7.04. The monoisotopic (exact) mass is 309 g/mol. The molecule has 5 nitrogen and oxygen atoms in total. The van der Waals surface area contributed by atoms with Crippen LogP contribution in [0.15, 0.2) is 21.5 Å². The fraction of sp³-hybridized carbons (Fsp3) is 0.333. The summed E-state index contributed by atoms with van der Waals surface area (Å²) in [4.78, 5) is 25.0. The number of nitrogens with one attached hydrogen (secondary N) is 2. The number of halogens is 2. The van der Waals surface area contributed by atoms with E-state index in [2.05, 4.69) is 26.2 Å². The number of aromatic amines is 1. The summed E-state index contributed by atoms with van der Waals surface area (Å²) in [7, 11) is 0. The van der Waals surface area contributed by atoms with Crippen LogP contribution in [0.2, 0.25) is 0 Å². The quantitative estimate of drug-likeness (QED) is 0.765. The van der Waals surface area contributed by atoms with Crippen LogP contribution in [-0.4, -0.2) is 23.5 Å². The first-order valence-corrected chi connectivity index (χ1v) is 5.23. The van der Waals surface area contributed by atoms with Crippen molar-refractivity contribution < 1.29 is 4.79 Å². The van der Waals surface area contributed by atoms with Crippen LogP contribution in [0.5, 0.6) is 0 Å². The van der Waals surface area contributed by atoms with Crippen molar-refractivity contribution >= 4 is 34.2 Å². The van der Waals surface area contributed by atoms with E-state index >= 15 is 0 Å². The maximum atomic E-state index is 11.6. The van der Waals surface area contributed by atoms with E-state index in [1.165, 1.54) is 12.3 Å². The predicted molar refractivity (Wildman–Crippen MR) is 68.0 cm³/mol. The molecule has 1 atom stereocenters. The molecule has 90 valence electrons. The van der Waals surface area contributed by atoms with Gasteiger partial charge in [-0.25, -0.2) is 0 Å². The molecule has 0 saturated heterocycles. The van der Waals surface area contributed by atoms with Crippen LogP contribution >= 0.6 is 28.3 Å². The summed E-state index contributed by atoms with van der Waals surface area (Å²) >= 11 is 3.05. The molecule has 4 N–H and O–H groups in total. The van der Waals surface area contributed by atoms with E-state index in [1.807, 2.05) is 0 Å². The molecule has 0 fully saturated rings. The molecule has 0 aliphatic carbocycles. The zero-order valence-corrected chi connectivity index (χ0v) is 11.0. The molecule has 0 spiro atoms. The van der Waals surface area contributed by atoms with Crippen molar-refractivity contribution in [1.82, 2.24) is 10.3 Å². The second-order valence-corrected chi connectivity index (χ2v) is 4.03. The fourth-order valence-electron chi connectivity index (χ4n) is 0.953. The van der Waals surface area contributed by atoms with Gasteiger partial charge in [0.15, 0.2) is 0 Å². The molecule has 1 amide bonds. The Hall–Kier alpha value is -0.850. The third kappa shape index (κ3) is 3.96. The van der Waals surface area contributed by atoms with Crippen LogP contribution < -0.4 is 16.6 Å². The normalized spacial score (nSPS) is 11.4. The van der Waals surface area contributed by atoms with Gasteiger partial charge >= 0.3 is 0 Å². The van der Waals surface area contributed by atoms with Crippen LogP contribution in [0.4, 0.5) is 0 Å². The summed E-state index contributed by atoms with van der Waals surface area (Å²) in [5.41, 5.74) is 5.50. The highest BCUT2D eigenvalue weighted by atomic mass is 79.9. The van der Waals surface area contributed by atoms with E-state index in [-0.39, 0.29) is 29.9 Å². The molecule has 16 heavy (non-hydrogen) atoms. The van der Waals surface area contributed by atoms with Crippen molar-refractivity contribution in [2.75, 3.05) is 6.54 Å². The molecule has 0 aromatic carbocycles. The number of carbonyl (C=O) groups excluding carboxylic acids is 1. The van der Waals surface area contributed by atoms with Crippen molar-refractivity contribution in [2.45, 2.75) is 13.0 Å². The molecule has 1 aromatic heterocycles. The molecule has 1 rings (SSSR count). The number of nitrogens with two attached hydrogens (primary N) is 1. The summed E-state index contributed by atoms with van der Waals surface area (Å²) in [5, 5.41) is 2.69. The Morgan fingerprint density at radius 1 is 1.69 bits per heavy atom. The van der Waals surface area contributed by atoms with E-state index in [4.69, 9.17) is 5.73 Å². The van der Waals surface area contributed by atoms with Gasteiger partial charge < -0.3 is 16.0 Å². The second kappa shape index (κ2) is 6.67. The van der Waals surface area contributed by atoms with Gasteiger partial charge in [-0.15, -0.1) is 12.4 Å². The fourth-order valence-corrected chi connectivity index (χ4v) is 1.31. The maximum absolute atomic E-state index is 11.6. The van der Waals surface area contributed by atoms with Crippen molar-refractivity contribution in [1.29, 1.82) is 0 Å². The minimum atomic E-state index is -0.265. The van der Waals surface area contributed by atoms with Crippen LogP contribution in [0, 0.1) is 0 Å². The molecule has 0 saturated carbocycles. The molecule has 7 heteroatoms. The van der Waals surface area contributed by atoms with E-state index in [0.717, 1.165) is 0 Å². The van der Waals surface area contributed by atoms with Crippen molar-refractivity contribution in [3.05, 3.63) is 32.7 Å². The first-order valence-electron chi connectivity index (χ1n) is 4.43.